The zero-order valence-electron chi connectivity index (χ0n) is 17.7. The van der Waals surface area contributed by atoms with Gasteiger partial charge in [-0.05, 0) is 5.53 Å². The Labute approximate surface area is 179 Å². The molecule has 0 saturated heterocycles. The van der Waals surface area contributed by atoms with Crippen LogP contribution in [0.25, 0.3) is 10.4 Å². The van der Waals surface area contributed by atoms with Gasteiger partial charge in [-0.3, -0.25) is 0 Å². The van der Waals surface area contributed by atoms with Crippen LogP contribution in [-0.4, -0.2) is 84.3 Å². The van der Waals surface area contributed by atoms with Gasteiger partial charge in [-0.1, -0.05) is 29.4 Å². The minimum Gasteiger partial charge on any atom is -0.378 e. The molecule has 0 rings (SSSR count). The molecule has 30 heavy (non-hydrogen) atoms. The highest BCUT2D eigenvalue weighted by Crippen LogP contribution is 2.02. The van der Waals surface area contributed by atoms with Crippen LogP contribution < -0.4 is 0 Å². The van der Waals surface area contributed by atoms with Gasteiger partial charge in [-0.15, -0.1) is 26.3 Å². The molecule has 0 radical (unpaired) electrons. The predicted octanol–water partition coefficient (Wildman–Crippen LogP) is 3.25. The third-order valence-corrected chi connectivity index (χ3v) is 3.42. The molecule has 0 bridgehead atoms. The molecule has 0 aromatic carbocycles. The standard InChI is InChI=1S/C21H35N3O6/c1-5-9-25-15-20(29-11-7-3)17-27-13-19(23-24-22)14-28-18-21(30-12-8-4)16-26-10-6-2/h5-8,19-21H,1-4,9-18H2. The lowest BCUT2D eigenvalue weighted by Gasteiger charge is -2.20. The average molecular weight is 426 g/mol. The number of hydrogen-bond acceptors (Lipinski definition) is 7. The fourth-order valence-electron chi connectivity index (χ4n) is 2.12. The van der Waals surface area contributed by atoms with Gasteiger partial charge in [0.2, 0.25) is 0 Å². The summed E-state index contributed by atoms with van der Waals surface area (Å²) in [5, 5.41) is 3.72. The van der Waals surface area contributed by atoms with Gasteiger partial charge in [-0.25, -0.2) is 0 Å². The highest BCUT2D eigenvalue weighted by molar-refractivity contribution is 4.72. The number of nitrogens with zero attached hydrogens (tertiary/aromatic N) is 3. The van der Waals surface area contributed by atoms with Crippen molar-refractivity contribution in [1.82, 2.24) is 0 Å². The van der Waals surface area contributed by atoms with Crippen LogP contribution in [-0.2, 0) is 28.4 Å². The molecule has 2 atom stereocenters. The maximum Gasteiger partial charge on any atom is 0.105 e. The summed E-state index contributed by atoms with van der Waals surface area (Å²) in [5.74, 6) is 0. The first kappa shape index (κ1) is 28.0. The first-order valence-corrected chi connectivity index (χ1v) is 9.73. The summed E-state index contributed by atoms with van der Waals surface area (Å²) in [6.07, 6.45) is 6.09. The molecule has 0 heterocycles. The van der Waals surface area contributed by atoms with Crippen molar-refractivity contribution in [1.29, 1.82) is 0 Å². The van der Waals surface area contributed by atoms with Crippen molar-refractivity contribution in [3.63, 3.8) is 0 Å². The van der Waals surface area contributed by atoms with Gasteiger partial charge in [0.1, 0.15) is 12.2 Å². The van der Waals surface area contributed by atoms with E-state index in [1.54, 1.807) is 24.3 Å². The Hall–Kier alpha value is -1.97. The molecule has 9 heteroatoms. The second-order valence-electron chi connectivity index (χ2n) is 6.07. The molecule has 0 spiro atoms. The third kappa shape index (κ3) is 16.9. The maximum absolute atomic E-state index is 8.79. The molecule has 9 nitrogen and oxygen atoms in total. The third-order valence-electron chi connectivity index (χ3n) is 3.42. The molecule has 0 amide bonds. The topological polar surface area (TPSA) is 104 Å². The smallest absolute Gasteiger partial charge is 0.105 e. The molecule has 0 aromatic heterocycles. The number of ether oxygens (including phenoxy) is 6. The van der Waals surface area contributed by atoms with Gasteiger partial charge in [0, 0.05) is 4.91 Å². The minimum absolute atomic E-state index is 0.185. The molecular formula is C21H35N3O6. The lowest BCUT2D eigenvalue weighted by Crippen LogP contribution is -2.31. The lowest BCUT2D eigenvalue weighted by molar-refractivity contribution is -0.0629. The number of rotatable bonds is 23. The van der Waals surface area contributed by atoms with Crippen molar-refractivity contribution in [2.24, 2.45) is 5.11 Å². The summed E-state index contributed by atoms with van der Waals surface area (Å²) < 4.78 is 33.3. The van der Waals surface area contributed by atoms with Gasteiger partial charge in [-0.2, -0.15) is 0 Å². The van der Waals surface area contributed by atoms with Crippen LogP contribution in [0.4, 0.5) is 0 Å². The van der Waals surface area contributed by atoms with Gasteiger partial charge in [0.25, 0.3) is 0 Å². The summed E-state index contributed by atoms with van der Waals surface area (Å²) in [6, 6.07) is -0.488. The van der Waals surface area contributed by atoms with Crippen LogP contribution in [0, 0.1) is 0 Å². The average Bonchev–Trinajstić information content (AvgIpc) is 2.75. The SMILES string of the molecule is C=CCOCC(COCC(COCC(COCC=C)OCC=C)N=[N+]=[N-])OCC=C. The number of azide groups is 1. The van der Waals surface area contributed by atoms with Gasteiger partial charge < -0.3 is 28.4 Å². The van der Waals surface area contributed by atoms with Crippen LogP contribution in [0.3, 0.4) is 0 Å². The highest BCUT2D eigenvalue weighted by Gasteiger charge is 2.14. The van der Waals surface area contributed by atoms with Crippen molar-refractivity contribution >= 4 is 0 Å². The molecule has 0 N–H and O–H groups in total. The Balaban J connectivity index is 4.38. The van der Waals surface area contributed by atoms with E-state index in [1.165, 1.54) is 0 Å². The van der Waals surface area contributed by atoms with E-state index in [-0.39, 0.29) is 38.6 Å². The van der Waals surface area contributed by atoms with Crippen LogP contribution in [0.2, 0.25) is 0 Å². The van der Waals surface area contributed by atoms with Crippen LogP contribution in [0.15, 0.2) is 55.7 Å². The maximum atomic E-state index is 8.79. The summed E-state index contributed by atoms with van der Waals surface area (Å²) in [7, 11) is 0. The molecular weight excluding hydrogens is 390 g/mol. The predicted molar refractivity (Wildman–Crippen MR) is 116 cm³/mol. The molecule has 170 valence electrons. The Kier molecular flexibility index (Phi) is 20.3. The van der Waals surface area contributed by atoms with Crippen molar-refractivity contribution in [2.75, 3.05) is 66.1 Å². The van der Waals surface area contributed by atoms with Gasteiger partial charge in [0.05, 0.1) is 72.1 Å². The van der Waals surface area contributed by atoms with Gasteiger partial charge in [0.15, 0.2) is 0 Å². The van der Waals surface area contributed by atoms with Crippen molar-refractivity contribution in [3.05, 3.63) is 61.1 Å². The van der Waals surface area contributed by atoms with E-state index in [4.69, 9.17) is 34.0 Å². The second-order valence-corrected chi connectivity index (χ2v) is 6.07. The van der Waals surface area contributed by atoms with Crippen molar-refractivity contribution < 1.29 is 28.4 Å². The van der Waals surface area contributed by atoms with Crippen LogP contribution in [0.1, 0.15) is 0 Å². The first-order valence-electron chi connectivity index (χ1n) is 9.73. The summed E-state index contributed by atoms with van der Waals surface area (Å²) in [6.45, 7) is 17.7. The quantitative estimate of drug-likeness (QED) is 0.0818. The van der Waals surface area contributed by atoms with E-state index in [0.717, 1.165) is 0 Å². The summed E-state index contributed by atoms with van der Waals surface area (Å²) in [4.78, 5) is 2.86. The molecule has 2 unspecified atom stereocenters. The Morgan fingerprint density at radius 1 is 0.633 bits per heavy atom. The van der Waals surface area contributed by atoms with E-state index < -0.39 is 6.04 Å². The van der Waals surface area contributed by atoms with Crippen LogP contribution >= 0.6 is 0 Å². The lowest BCUT2D eigenvalue weighted by atomic mass is 10.3. The molecule has 0 fully saturated rings. The van der Waals surface area contributed by atoms with Crippen molar-refractivity contribution in [2.45, 2.75) is 18.2 Å². The molecule has 0 aromatic rings. The van der Waals surface area contributed by atoms with E-state index >= 15 is 0 Å². The fourth-order valence-corrected chi connectivity index (χ4v) is 2.12. The highest BCUT2D eigenvalue weighted by atomic mass is 16.6. The Morgan fingerprint density at radius 2 is 1.03 bits per heavy atom. The van der Waals surface area contributed by atoms with Crippen LogP contribution in [0.5, 0.6) is 0 Å². The fraction of sp³-hybridized carbons (Fsp3) is 0.619. The van der Waals surface area contributed by atoms with E-state index in [2.05, 4.69) is 36.3 Å². The zero-order chi connectivity index (χ0) is 22.3. The number of hydrogen-bond donors (Lipinski definition) is 0. The monoisotopic (exact) mass is 425 g/mol. The largest absolute Gasteiger partial charge is 0.378 e. The molecule has 0 aliphatic heterocycles. The summed E-state index contributed by atoms with van der Waals surface area (Å²) in [5.41, 5.74) is 8.79. The second kappa shape index (κ2) is 21.7. The molecule has 0 saturated carbocycles. The van der Waals surface area contributed by atoms with E-state index in [0.29, 0.717) is 39.6 Å². The first-order chi connectivity index (χ1) is 14.7. The van der Waals surface area contributed by atoms with E-state index in [1.807, 2.05) is 0 Å². The molecule has 0 aliphatic carbocycles. The van der Waals surface area contributed by atoms with Gasteiger partial charge >= 0.3 is 0 Å². The van der Waals surface area contributed by atoms with E-state index in [9.17, 15) is 0 Å². The Morgan fingerprint density at radius 3 is 1.40 bits per heavy atom. The van der Waals surface area contributed by atoms with Crippen molar-refractivity contribution in [3.8, 4) is 0 Å². The molecule has 0 aliphatic rings. The normalized spacial score (nSPS) is 13.6. The minimum atomic E-state index is -0.488. The summed E-state index contributed by atoms with van der Waals surface area (Å²) >= 11 is 0. The zero-order valence-corrected chi connectivity index (χ0v) is 17.7. The Bertz CT molecular complexity index is 475.